The zero-order chi connectivity index (χ0) is 13.9. The molecule has 19 heavy (non-hydrogen) atoms. The van der Waals surface area contributed by atoms with Gasteiger partial charge in [0.15, 0.2) is 0 Å². The molecule has 0 atom stereocenters. The number of allylic oxidation sites excluding steroid dienone is 2. The van der Waals surface area contributed by atoms with Crippen LogP contribution in [0.15, 0.2) is 54.6 Å². The SMILES string of the molecule is C=C/C(=C\CCC)CSC(=S)SCc1ccccc1. The van der Waals surface area contributed by atoms with Gasteiger partial charge in [-0.3, -0.25) is 0 Å². The second-order valence-electron chi connectivity index (χ2n) is 4.08. The van der Waals surface area contributed by atoms with Crippen molar-refractivity contribution in [1.29, 1.82) is 0 Å². The Morgan fingerprint density at radius 1 is 1.26 bits per heavy atom. The lowest BCUT2D eigenvalue weighted by molar-refractivity contribution is 0.953. The van der Waals surface area contributed by atoms with Crippen molar-refractivity contribution in [1.82, 2.24) is 0 Å². The second-order valence-corrected chi connectivity index (χ2v) is 7.24. The normalized spacial score (nSPS) is 11.3. The maximum atomic E-state index is 5.40. The van der Waals surface area contributed by atoms with Crippen molar-refractivity contribution in [2.24, 2.45) is 0 Å². The van der Waals surface area contributed by atoms with E-state index in [0.29, 0.717) is 0 Å². The van der Waals surface area contributed by atoms with Crippen molar-refractivity contribution in [2.45, 2.75) is 25.5 Å². The van der Waals surface area contributed by atoms with Gasteiger partial charge in [0, 0.05) is 11.5 Å². The molecule has 1 aromatic carbocycles. The second kappa shape index (κ2) is 10.3. The van der Waals surface area contributed by atoms with E-state index in [1.54, 1.807) is 23.5 Å². The van der Waals surface area contributed by atoms with Gasteiger partial charge in [0.05, 0.1) is 0 Å². The summed E-state index contributed by atoms with van der Waals surface area (Å²) in [6, 6.07) is 10.4. The Morgan fingerprint density at radius 2 is 2.00 bits per heavy atom. The maximum Gasteiger partial charge on any atom is 0.104 e. The third-order valence-electron chi connectivity index (χ3n) is 2.51. The maximum absolute atomic E-state index is 5.40. The summed E-state index contributed by atoms with van der Waals surface area (Å²) in [6.07, 6.45) is 6.48. The standard InChI is InChI=1S/C16H20S3/c1-3-5-9-14(4-2)12-18-16(17)19-13-15-10-7-6-8-11-15/h4,6-11H,2-3,5,12-13H2,1H3/b14-9+. The topological polar surface area (TPSA) is 0 Å². The van der Waals surface area contributed by atoms with Gasteiger partial charge >= 0.3 is 0 Å². The molecular weight excluding hydrogens is 288 g/mol. The summed E-state index contributed by atoms with van der Waals surface area (Å²) in [5, 5.41) is 0. The van der Waals surface area contributed by atoms with Gasteiger partial charge in [0.1, 0.15) is 3.53 Å². The lowest BCUT2D eigenvalue weighted by Gasteiger charge is -2.05. The molecule has 0 nitrogen and oxygen atoms in total. The molecule has 0 aliphatic rings. The van der Waals surface area contributed by atoms with E-state index in [1.165, 1.54) is 17.6 Å². The highest BCUT2D eigenvalue weighted by molar-refractivity contribution is 8.47. The molecule has 0 unspecified atom stereocenters. The van der Waals surface area contributed by atoms with Gasteiger partial charge in [-0.1, -0.05) is 74.6 Å². The highest BCUT2D eigenvalue weighted by atomic mass is 32.2. The van der Waals surface area contributed by atoms with Crippen molar-refractivity contribution in [3.05, 3.63) is 60.2 Å². The fraction of sp³-hybridized carbons (Fsp3) is 0.312. The van der Waals surface area contributed by atoms with E-state index < -0.39 is 0 Å². The number of hydrogen-bond acceptors (Lipinski definition) is 3. The monoisotopic (exact) mass is 308 g/mol. The van der Waals surface area contributed by atoms with Crippen molar-refractivity contribution >= 4 is 39.3 Å². The first-order valence-corrected chi connectivity index (χ1v) is 8.79. The zero-order valence-corrected chi connectivity index (χ0v) is 13.8. The Morgan fingerprint density at radius 3 is 2.63 bits per heavy atom. The lowest BCUT2D eigenvalue weighted by atomic mass is 10.2. The summed E-state index contributed by atoms with van der Waals surface area (Å²) in [6.45, 7) is 6.04. The largest absolute Gasteiger partial charge is 0.104 e. The fourth-order valence-electron chi connectivity index (χ4n) is 1.43. The molecule has 3 heteroatoms. The van der Waals surface area contributed by atoms with Crippen LogP contribution in [0.4, 0.5) is 0 Å². The van der Waals surface area contributed by atoms with Crippen LogP contribution in [-0.2, 0) is 5.75 Å². The van der Waals surface area contributed by atoms with Gasteiger partial charge in [0.2, 0.25) is 0 Å². The summed E-state index contributed by atoms with van der Waals surface area (Å²) in [5.41, 5.74) is 2.61. The Kier molecular flexibility index (Phi) is 8.97. The number of rotatable bonds is 7. The van der Waals surface area contributed by atoms with Crippen LogP contribution in [-0.4, -0.2) is 9.28 Å². The van der Waals surface area contributed by atoms with E-state index >= 15 is 0 Å². The molecule has 0 saturated heterocycles. The van der Waals surface area contributed by atoms with Gasteiger partial charge in [-0.05, 0) is 17.6 Å². The molecule has 0 spiro atoms. The molecule has 0 aliphatic heterocycles. The highest BCUT2D eigenvalue weighted by Gasteiger charge is 2.01. The molecule has 0 aliphatic carbocycles. The van der Waals surface area contributed by atoms with E-state index in [0.717, 1.165) is 21.5 Å². The van der Waals surface area contributed by atoms with Crippen LogP contribution in [0.2, 0.25) is 0 Å². The van der Waals surface area contributed by atoms with Crippen molar-refractivity contribution in [3.8, 4) is 0 Å². The number of thiocarbonyl (C=S) groups is 1. The Bertz CT molecular complexity index is 421. The quantitative estimate of drug-likeness (QED) is 0.458. The van der Waals surface area contributed by atoms with Crippen LogP contribution in [0.5, 0.6) is 0 Å². The summed E-state index contributed by atoms with van der Waals surface area (Å²) < 4.78 is 1.01. The predicted molar refractivity (Wildman–Crippen MR) is 96.0 cm³/mol. The van der Waals surface area contributed by atoms with Gasteiger partial charge < -0.3 is 0 Å². The van der Waals surface area contributed by atoms with E-state index in [2.05, 4.69) is 43.8 Å². The molecule has 1 aromatic rings. The van der Waals surface area contributed by atoms with E-state index in [9.17, 15) is 0 Å². The van der Waals surface area contributed by atoms with Gasteiger partial charge in [0.25, 0.3) is 0 Å². The predicted octanol–water partition coefficient (Wildman–Crippen LogP) is 5.85. The minimum Gasteiger partial charge on any atom is -0.103 e. The molecule has 102 valence electrons. The molecule has 0 N–H and O–H groups in total. The van der Waals surface area contributed by atoms with Crippen LogP contribution < -0.4 is 0 Å². The number of unbranched alkanes of at least 4 members (excludes halogenated alkanes) is 1. The summed E-state index contributed by atoms with van der Waals surface area (Å²) in [4.78, 5) is 0. The summed E-state index contributed by atoms with van der Waals surface area (Å²) in [7, 11) is 0. The molecular formula is C16H20S3. The number of benzene rings is 1. The number of hydrogen-bond donors (Lipinski definition) is 0. The molecule has 0 heterocycles. The molecule has 0 radical (unpaired) electrons. The first kappa shape index (κ1) is 16.5. The van der Waals surface area contributed by atoms with Crippen molar-refractivity contribution in [2.75, 3.05) is 5.75 Å². The smallest absolute Gasteiger partial charge is 0.103 e. The minimum atomic E-state index is 0.935. The first-order chi connectivity index (χ1) is 9.26. The lowest BCUT2D eigenvalue weighted by Crippen LogP contribution is -1.89. The van der Waals surface area contributed by atoms with E-state index in [-0.39, 0.29) is 0 Å². The third kappa shape index (κ3) is 7.61. The van der Waals surface area contributed by atoms with Crippen LogP contribution in [0, 0.1) is 0 Å². The van der Waals surface area contributed by atoms with Crippen LogP contribution >= 0.6 is 35.7 Å². The van der Waals surface area contributed by atoms with Gasteiger partial charge in [-0.2, -0.15) is 0 Å². The highest BCUT2D eigenvalue weighted by Crippen LogP contribution is 2.23. The fourth-order valence-corrected chi connectivity index (χ4v) is 3.47. The zero-order valence-electron chi connectivity index (χ0n) is 11.3. The van der Waals surface area contributed by atoms with Crippen LogP contribution in [0.1, 0.15) is 25.3 Å². The number of thioether (sulfide) groups is 2. The Balaban J connectivity index is 2.29. The van der Waals surface area contributed by atoms with Crippen molar-refractivity contribution < 1.29 is 0 Å². The molecule has 0 amide bonds. The minimum absolute atomic E-state index is 0.935. The van der Waals surface area contributed by atoms with Crippen molar-refractivity contribution in [3.63, 3.8) is 0 Å². The first-order valence-electron chi connectivity index (χ1n) is 6.41. The van der Waals surface area contributed by atoms with E-state index in [4.69, 9.17) is 12.2 Å². The molecule has 0 aromatic heterocycles. The Hall–Kier alpha value is -0.510. The summed E-state index contributed by atoms with van der Waals surface area (Å²) in [5.74, 6) is 1.89. The van der Waals surface area contributed by atoms with Crippen LogP contribution in [0.25, 0.3) is 0 Å². The average Bonchev–Trinajstić information content (AvgIpc) is 2.46. The van der Waals surface area contributed by atoms with Gasteiger partial charge in [-0.15, -0.1) is 23.5 Å². The van der Waals surface area contributed by atoms with E-state index in [1.807, 2.05) is 12.1 Å². The molecule has 0 bridgehead atoms. The molecule has 0 saturated carbocycles. The molecule has 0 fully saturated rings. The molecule has 1 rings (SSSR count). The summed E-state index contributed by atoms with van der Waals surface area (Å²) >= 11 is 8.87. The Labute approximate surface area is 130 Å². The third-order valence-corrected chi connectivity index (χ3v) is 5.35. The van der Waals surface area contributed by atoms with Crippen LogP contribution in [0.3, 0.4) is 0 Å². The average molecular weight is 309 g/mol. The van der Waals surface area contributed by atoms with Gasteiger partial charge in [-0.25, -0.2) is 0 Å².